The van der Waals surface area contributed by atoms with Crippen LogP contribution in [0.2, 0.25) is 5.15 Å². The van der Waals surface area contributed by atoms with E-state index >= 15 is 0 Å². The van der Waals surface area contributed by atoms with Crippen molar-refractivity contribution in [3.8, 4) is 0 Å². The lowest BCUT2D eigenvalue weighted by molar-refractivity contribution is -0.306. The normalized spacial score (nSPS) is 21.9. The standard InChI is InChI=1S/C14H13ClN4O7S/c15-9-2-3-11(18-17-9)27-6-10(20)16-7-5-24-19(13(7)22)26-14(23)8-1-4-12(21)25-8/h2-3,7-8H,1,4-6H2,(H,16,20)/t7-,8?/m0/s1. The van der Waals surface area contributed by atoms with Crippen molar-refractivity contribution in [1.29, 1.82) is 0 Å². The molecule has 0 radical (unpaired) electrons. The number of nitrogens with zero attached hydrogens (tertiary/aromatic N) is 3. The van der Waals surface area contributed by atoms with Gasteiger partial charge in [-0.2, -0.15) is 0 Å². The van der Waals surface area contributed by atoms with Crippen LogP contribution in [0.3, 0.4) is 0 Å². The minimum Gasteiger partial charge on any atom is -0.450 e. The summed E-state index contributed by atoms with van der Waals surface area (Å²) in [4.78, 5) is 56.6. The van der Waals surface area contributed by atoms with Gasteiger partial charge in [-0.1, -0.05) is 23.4 Å². The number of halogens is 1. The second-order valence-corrected chi connectivity index (χ2v) is 6.80. The Bertz CT molecular complexity index is 762. The average Bonchev–Trinajstić information content (AvgIpc) is 3.22. The molecule has 2 saturated heterocycles. The quantitative estimate of drug-likeness (QED) is 0.483. The molecule has 1 aromatic rings. The van der Waals surface area contributed by atoms with Gasteiger partial charge in [-0.3, -0.25) is 14.4 Å². The summed E-state index contributed by atoms with van der Waals surface area (Å²) in [6.45, 7) is -0.201. The highest BCUT2D eigenvalue weighted by Crippen LogP contribution is 2.18. The predicted octanol–water partition coefficient (Wildman–Crippen LogP) is -0.356. The number of hydrogen-bond acceptors (Lipinski definition) is 10. The average molecular weight is 417 g/mol. The van der Waals surface area contributed by atoms with Crippen LogP contribution in [0.1, 0.15) is 12.8 Å². The summed E-state index contributed by atoms with van der Waals surface area (Å²) in [6.07, 6.45) is -0.799. The SMILES string of the molecule is O=C(CSc1ccc(Cl)nn1)N[C@H]1CON(OC(=O)C2CCC(=O)O2)C1=O. The van der Waals surface area contributed by atoms with Gasteiger partial charge in [-0.05, 0) is 17.4 Å². The minimum atomic E-state index is -1.07. The lowest BCUT2D eigenvalue weighted by atomic mass is 10.2. The smallest absolute Gasteiger partial charge is 0.375 e. The van der Waals surface area contributed by atoms with Gasteiger partial charge >= 0.3 is 17.8 Å². The van der Waals surface area contributed by atoms with Crippen molar-refractivity contribution in [2.75, 3.05) is 12.4 Å². The molecule has 0 saturated carbocycles. The van der Waals surface area contributed by atoms with Gasteiger partial charge in [0.05, 0.1) is 5.75 Å². The first-order chi connectivity index (χ1) is 12.9. The first kappa shape index (κ1) is 19.3. The topological polar surface area (TPSA) is 137 Å². The molecule has 1 aromatic heterocycles. The summed E-state index contributed by atoms with van der Waals surface area (Å²) in [5.41, 5.74) is 0. The Morgan fingerprint density at radius 2 is 2.19 bits per heavy atom. The largest absolute Gasteiger partial charge is 0.450 e. The van der Waals surface area contributed by atoms with E-state index in [9.17, 15) is 19.2 Å². The lowest BCUT2D eigenvalue weighted by Crippen LogP contribution is -2.44. The molecule has 3 rings (SSSR count). The van der Waals surface area contributed by atoms with E-state index in [1.54, 1.807) is 6.07 Å². The third kappa shape index (κ3) is 5.05. The maximum absolute atomic E-state index is 12.1. The van der Waals surface area contributed by atoms with E-state index in [-0.39, 0.29) is 30.4 Å². The third-order valence-corrected chi connectivity index (χ3v) is 4.57. The van der Waals surface area contributed by atoms with Crippen LogP contribution in [0.4, 0.5) is 0 Å². The zero-order chi connectivity index (χ0) is 19.4. The van der Waals surface area contributed by atoms with Crippen LogP contribution in [-0.2, 0) is 33.6 Å². The van der Waals surface area contributed by atoms with Crippen molar-refractivity contribution >= 4 is 47.1 Å². The molecule has 0 bridgehead atoms. The number of hydrogen-bond donors (Lipinski definition) is 1. The summed E-state index contributed by atoms with van der Waals surface area (Å²) in [5, 5.41) is 11.0. The first-order valence-electron chi connectivity index (χ1n) is 7.72. The zero-order valence-electron chi connectivity index (χ0n) is 13.6. The molecule has 0 aromatic carbocycles. The summed E-state index contributed by atoms with van der Waals surface area (Å²) >= 11 is 6.73. The maximum atomic E-state index is 12.1. The van der Waals surface area contributed by atoms with E-state index in [4.69, 9.17) is 26.0 Å². The molecule has 2 aliphatic heterocycles. The summed E-state index contributed by atoms with van der Waals surface area (Å²) in [5.74, 6) is -2.65. The van der Waals surface area contributed by atoms with Gasteiger partial charge in [-0.15, -0.1) is 10.2 Å². The molecule has 3 heterocycles. The molecule has 27 heavy (non-hydrogen) atoms. The van der Waals surface area contributed by atoms with Crippen LogP contribution < -0.4 is 5.32 Å². The number of hydroxylamine groups is 2. The maximum Gasteiger partial charge on any atom is 0.375 e. The highest BCUT2D eigenvalue weighted by atomic mass is 35.5. The third-order valence-electron chi connectivity index (χ3n) is 3.45. The number of ether oxygens (including phenoxy) is 1. The molecular weight excluding hydrogens is 404 g/mol. The van der Waals surface area contributed by atoms with E-state index in [1.165, 1.54) is 6.07 Å². The molecule has 0 spiro atoms. The molecule has 0 aliphatic carbocycles. The summed E-state index contributed by atoms with van der Waals surface area (Å²) in [6, 6.07) is 2.14. The molecule has 144 valence electrons. The monoisotopic (exact) mass is 416 g/mol. The Balaban J connectivity index is 1.43. The number of aromatic nitrogens is 2. The van der Waals surface area contributed by atoms with E-state index in [0.29, 0.717) is 10.3 Å². The van der Waals surface area contributed by atoms with Gasteiger partial charge in [0.15, 0.2) is 5.15 Å². The van der Waals surface area contributed by atoms with Crippen LogP contribution in [-0.4, -0.2) is 63.7 Å². The minimum absolute atomic E-state index is 0.0160. The fourth-order valence-electron chi connectivity index (χ4n) is 2.17. The molecular formula is C14H13ClN4O7S. The van der Waals surface area contributed by atoms with Crippen LogP contribution in [0.5, 0.6) is 0 Å². The van der Waals surface area contributed by atoms with Crippen LogP contribution in [0, 0.1) is 0 Å². The van der Waals surface area contributed by atoms with Crippen molar-refractivity contribution < 1.29 is 33.6 Å². The molecule has 1 unspecified atom stereocenters. The molecule has 2 aliphatic rings. The van der Waals surface area contributed by atoms with Gasteiger partial charge in [0.25, 0.3) is 0 Å². The van der Waals surface area contributed by atoms with E-state index in [1.807, 2.05) is 0 Å². The molecule has 2 atom stereocenters. The van der Waals surface area contributed by atoms with E-state index < -0.39 is 35.9 Å². The lowest BCUT2D eigenvalue weighted by Gasteiger charge is -2.15. The van der Waals surface area contributed by atoms with Crippen molar-refractivity contribution in [3.63, 3.8) is 0 Å². The van der Waals surface area contributed by atoms with Crippen molar-refractivity contribution in [2.24, 2.45) is 0 Å². The fraction of sp³-hybridized carbons (Fsp3) is 0.429. The highest BCUT2D eigenvalue weighted by Gasteiger charge is 2.40. The van der Waals surface area contributed by atoms with E-state index in [0.717, 1.165) is 11.8 Å². The van der Waals surface area contributed by atoms with Crippen LogP contribution >= 0.6 is 23.4 Å². The fourth-order valence-corrected chi connectivity index (χ4v) is 2.89. The van der Waals surface area contributed by atoms with Crippen molar-refractivity contribution in [3.05, 3.63) is 17.3 Å². The van der Waals surface area contributed by atoms with E-state index in [2.05, 4.69) is 15.5 Å². The molecule has 13 heteroatoms. The summed E-state index contributed by atoms with van der Waals surface area (Å²) < 4.78 is 4.74. The number of rotatable bonds is 6. The predicted molar refractivity (Wildman–Crippen MR) is 87.7 cm³/mol. The Morgan fingerprint density at radius 1 is 1.37 bits per heavy atom. The Labute approximate surface area is 161 Å². The number of carbonyl (C=O) groups is 4. The number of esters is 1. The molecule has 2 fully saturated rings. The van der Waals surface area contributed by atoms with Gasteiger partial charge in [0.1, 0.15) is 17.7 Å². The van der Waals surface area contributed by atoms with Crippen LogP contribution in [0.15, 0.2) is 17.2 Å². The first-order valence-corrected chi connectivity index (χ1v) is 9.08. The Morgan fingerprint density at radius 3 is 2.85 bits per heavy atom. The Hall–Kier alpha value is -2.44. The van der Waals surface area contributed by atoms with Gasteiger partial charge in [0.2, 0.25) is 12.0 Å². The summed E-state index contributed by atoms with van der Waals surface area (Å²) in [7, 11) is 0. The number of cyclic esters (lactones) is 1. The number of nitrogens with one attached hydrogen (secondary N) is 1. The number of amides is 2. The molecule has 11 nitrogen and oxygen atoms in total. The van der Waals surface area contributed by atoms with Crippen molar-refractivity contribution in [1.82, 2.24) is 20.7 Å². The molecule has 1 N–H and O–H groups in total. The number of thioether (sulfide) groups is 1. The van der Waals surface area contributed by atoms with Crippen LogP contribution in [0.25, 0.3) is 0 Å². The second kappa shape index (κ2) is 8.50. The Kier molecular flexibility index (Phi) is 6.08. The molecule has 2 amide bonds. The highest BCUT2D eigenvalue weighted by molar-refractivity contribution is 7.99. The zero-order valence-corrected chi connectivity index (χ0v) is 15.2. The van der Waals surface area contributed by atoms with Crippen molar-refractivity contribution in [2.45, 2.75) is 30.0 Å². The van der Waals surface area contributed by atoms with Gasteiger partial charge < -0.3 is 14.9 Å². The second-order valence-electron chi connectivity index (χ2n) is 5.42. The number of carbonyl (C=O) groups excluding carboxylic acids is 4. The van der Waals surface area contributed by atoms with Gasteiger partial charge in [-0.25, -0.2) is 9.63 Å². The van der Waals surface area contributed by atoms with Gasteiger partial charge in [0, 0.05) is 12.8 Å².